The first kappa shape index (κ1) is 18.1. The van der Waals surface area contributed by atoms with Gasteiger partial charge in [0.1, 0.15) is 12.7 Å². The number of morpholine rings is 1. The number of rotatable bonds is 3. The summed E-state index contributed by atoms with van der Waals surface area (Å²) in [5.41, 5.74) is 1.07. The highest BCUT2D eigenvalue weighted by atomic mass is 79.9. The second-order valence-electron chi connectivity index (χ2n) is 6.54. The van der Waals surface area contributed by atoms with Gasteiger partial charge in [-0.1, -0.05) is 40.2 Å². The van der Waals surface area contributed by atoms with E-state index in [4.69, 9.17) is 14.2 Å². The zero-order valence-electron chi connectivity index (χ0n) is 14.8. The number of nitrogens with zero attached hydrogens (tertiary/aromatic N) is 1. The van der Waals surface area contributed by atoms with Gasteiger partial charge in [0.15, 0.2) is 17.6 Å². The molecule has 0 bridgehead atoms. The molecule has 2 aromatic carbocycles. The van der Waals surface area contributed by atoms with Crippen LogP contribution in [-0.4, -0.2) is 49.9 Å². The van der Waals surface area contributed by atoms with E-state index in [2.05, 4.69) is 21.2 Å². The molecule has 27 heavy (non-hydrogen) atoms. The fourth-order valence-electron chi connectivity index (χ4n) is 3.19. The minimum atomic E-state index is -0.202. The monoisotopic (exact) mass is 432 g/mol. The van der Waals surface area contributed by atoms with Crippen LogP contribution in [-0.2, 0) is 4.74 Å². The first-order valence-electron chi connectivity index (χ1n) is 8.97. The second kappa shape index (κ2) is 8.19. The van der Waals surface area contributed by atoms with E-state index in [1.165, 1.54) is 0 Å². The van der Waals surface area contributed by atoms with Gasteiger partial charge in [-0.2, -0.15) is 0 Å². The molecule has 4 rings (SSSR count). The van der Waals surface area contributed by atoms with Gasteiger partial charge in [-0.05, 0) is 29.8 Å². The highest BCUT2D eigenvalue weighted by Crippen LogP contribution is 2.30. The maximum atomic E-state index is 12.6. The lowest BCUT2D eigenvalue weighted by Crippen LogP contribution is -2.50. The zero-order chi connectivity index (χ0) is 18.6. The number of fused-ring (bicyclic) bond motifs is 1. The Labute approximate surface area is 166 Å². The van der Waals surface area contributed by atoms with E-state index in [0.29, 0.717) is 38.6 Å². The Bertz CT molecular complexity index is 799. The summed E-state index contributed by atoms with van der Waals surface area (Å²) < 4.78 is 18.4. The number of ether oxygens (including phenoxy) is 3. The Morgan fingerprint density at radius 2 is 1.93 bits per heavy atom. The molecule has 1 fully saturated rings. The van der Waals surface area contributed by atoms with Crippen LogP contribution in [0.1, 0.15) is 11.7 Å². The van der Waals surface area contributed by atoms with Crippen LogP contribution in [0.15, 0.2) is 53.0 Å². The van der Waals surface area contributed by atoms with Crippen LogP contribution in [0, 0.1) is 0 Å². The van der Waals surface area contributed by atoms with Gasteiger partial charge in [-0.15, -0.1) is 0 Å². The van der Waals surface area contributed by atoms with Gasteiger partial charge in [-0.3, -0.25) is 0 Å². The molecule has 0 aliphatic carbocycles. The first-order valence-corrected chi connectivity index (χ1v) is 9.76. The van der Waals surface area contributed by atoms with Gasteiger partial charge in [0.25, 0.3) is 0 Å². The minimum Gasteiger partial charge on any atom is -0.486 e. The molecule has 2 aliphatic rings. The van der Waals surface area contributed by atoms with E-state index in [-0.39, 0.29) is 18.2 Å². The molecule has 2 heterocycles. The number of carbonyl (C=O) groups excluding carboxylic acids is 1. The molecule has 0 radical (unpaired) electrons. The predicted molar refractivity (Wildman–Crippen MR) is 104 cm³/mol. The summed E-state index contributed by atoms with van der Waals surface area (Å²) in [4.78, 5) is 14.4. The maximum Gasteiger partial charge on any atom is 0.317 e. The summed E-state index contributed by atoms with van der Waals surface area (Å²) in [6, 6.07) is 15.4. The maximum absolute atomic E-state index is 12.6. The van der Waals surface area contributed by atoms with Gasteiger partial charge < -0.3 is 24.4 Å². The van der Waals surface area contributed by atoms with E-state index in [1.54, 1.807) is 4.90 Å². The zero-order valence-corrected chi connectivity index (χ0v) is 16.4. The van der Waals surface area contributed by atoms with Crippen molar-refractivity contribution in [1.82, 2.24) is 10.2 Å². The van der Waals surface area contributed by atoms with Crippen LogP contribution in [0.3, 0.4) is 0 Å². The van der Waals surface area contributed by atoms with E-state index in [0.717, 1.165) is 15.8 Å². The summed E-state index contributed by atoms with van der Waals surface area (Å²) >= 11 is 3.44. The third kappa shape index (κ3) is 4.36. The molecule has 2 amide bonds. The lowest BCUT2D eigenvalue weighted by atomic mass is 10.1. The van der Waals surface area contributed by atoms with Gasteiger partial charge in [0.05, 0.1) is 19.7 Å². The molecule has 7 heteroatoms. The number of halogens is 1. The minimum absolute atomic E-state index is 0.108. The number of urea groups is 1. The fourth-order valence-corrected chi connectivity index (χ4v) is 3.45. The van der Waals surface area contributed by atoms with Crippen molar-refractivity contribution < 1.29 is 19.0 Å². The van der Waals surface area contributed by atoms with Gasteiger partial charge in [0.2, 0.25) is 0 Å². The van der Waals surface area contributed by atoms with Crippen molar-refractivity contribution in [2.45, 2.75) is 12.2 Å². The van der Waals surface area contributed by atoms with E-state index >= 15 is 0 Å². The third-order valence-corrected chi connectivity index (χ3v) is 5.17. The highest BCUT2D eigenvalue weighted by molar-refractivity contribution is 9.10. The summed E-state index contributed by atoms with van der Waals surface area (Å²) in [7, 11) is 0. The van der Waals surface area contributed by atoms with E-state index < -0.39 is 0 Å². The largest absolute Gasteiger partial charge is 0.486 e. The first-order chi connectivity index (χ1) is 13.2. The molecule has 6 nitrogen and oxygen atoms in total. The molecule has 0 saturated carbocycles. The van der Waals surface area contributed by atoms with Crippen LogP contribution in [0.5, 0.6) is 11.5 Å². The Kier molecular flexibility index (Phi) is 5.50. The molecule has 1 N–H and O–H groups in total. The lowest BCUT2D eigenvalue weighted by Gasteiger charge is -2.34. The van der Waals surface area contributed by atoms with Crippen molar-refractivity contribution in [2.24, 2.45) is 0 Å². The van der Waals surface area contributed by atoms with E-state index in [9.17, 15) is 4.79 Å². The number of benzene rings is 2. The molecule has 2 aliphatic heterocycles. The molecule has 1 saturated heterocycles. The van der Waals surface area contributed by atoms with Gasteiger partial charge in [0, 0.05) is 11.0 Å². The smallest absolute Gasteiger partial charge is 0.317 e. The molecule has 0 spiro atoms. The SMILES string of the molecule is O=C(NCC1COc2ccccc2O1)N1CCOC(c2ccc(Br)cc2)C1. The number of hydrogen-bond acceptors (Lipinski definition) is 4. The van der Waals surface area contributed by atoms with Crippen molar-refractivity contribution >= 4 is 22.0 Å². The fraction of sp³-hybridized carbons (Fsp3) is 0.350. The Morgan fingerprint density at radius 3 is 2.74 bits per heavy atom. The second-order valence-corrected chi connectivity index (χ2v) is 7.46. The summed E-state index contributed by atoms with van der Waals surface area (Å²) in [5, 5.41) is 2.95. The Hall–Kier alpha value is -2.25. The molecular formula is C20H21BrN2O4. The Balaban J connectivity index is 1.30. The van der Waals surface area contributed by atoms with Crippen molar-refractivity contribution in [2.75, 3.05) is 32.8 Å². The third-order valence-electron chi connectivity index (χ3n) is 4.64. The Morgan fingerprint density at radius 1 is 1.15 bits per heavy atom. The van der Waals surface area contributed by atoms with Crippen molar-refractivity contribution in [1.29, 1.82) is 0 Å². The van der Waals surface area contributed by atoms with Crippen LogP contribution < -0.4 is 14.8 Å². The number of hydrogen-bond donors (Lipinski definition) is 1. The average molecular weight is 433 g/mol. The standard InChI is InChI=1S/C20H21BrN2O4/c21-15-7-5-14(6-8-15)19-12-23(9-10-25-19)20(24)22-11-16-13-26-17-3-1-2-4-18(17)27-16/h1-8,16,19H,9-13H2,(H,22,24). The molecule has 2 aromatic rings. The van der Waals surface area contributed by atoms with Crippen LogP contribution in [0.2, 0.25) is 0 Å². The van der Waals surface area contributed by atoms with Gasteiger partial charge >= 0.3 is 6.03 Å². The topological polar surface area (TPSA) is 60.0 Å². The quantitative estimate of drug-likeness (QED) is 0.807. The van der Waals surface area contributed by atoms with Crippen molar-refractivity contribution in [3.05, 3.63) is 58.6 Å². The molecule has 0 aromatic heterocycles. The van der Waals surface area contributed by atoms with Crippen LogP contribution in [0.25, 0.3) is 0 Å². The number of amides is 2. The lowest BCUT2D eigenvalue weighted by molar-refractivity contribution is -0.0159. The highest BCUT2D eigenvalue weighted by Gasteiger charge is 2.27. The van der Waals surface area contributed by atoms with Crippen molar-refractivity contribution in [3.63, 3.8) is 0 Å². The van der Waals surface area contributed by atoms with E-state index in [1.807, 2.05) is 48.5 Å². The van der Waals surface area contributed by atoms with Crippen LogP contribution >= 0.6 is 15.9 Å². The summed E-state index contributed by atoms with van der Waals surface area (Å²) in [6.07, 6.45) is -0.314. The molecule has 2 atom stereocenters. The predicted octanol–water partition coefficient (Wildman–Crippen LogP) is 3.37. The van der Waals surface area contributed by atoms with Crippen LogP contribution in [0.4, 0.5) is 4.79 Å². The summed E-state index contributed by atoms with van der Waals surface area (Å²) in [5.74, 6) is 1.45. The molecule has 2 unspecified atom stereocenters. The van der Waals surface area contributed by atoms with Gasteiger partial charge in [-0.25, -0.2) is 4.79 Å². The molecule has 142 valence electrons. The summed E-state index contributed by atoms with van der Waals surface area (Å²) in [6.45, 7) is 2.43. The number of nitrogens with one attached hydrogen (secondary N) is 1. The average Bonchev–Trinajstić information content (AvgIpc) is 2.72. The number of carbonyl (C=O) groups is 1. The normalized spacial score (nSPS) is 21.6. The molecular weight excluding hydrogens is 412 g/mol. The van der Waals surface area contributed by atoms with Crippen molar-refractivity contribution in [3.8, 4) is 11.5 Å². The number of para-hydroxylation sites is 2.